The molecule has 0 radical (unpaired) electrons. The van der Waals surface area contributed by atoms with E-state index >= 15 is 0 Å². The highest BCUT2D eigenvalue weighted by atomic mass is 16.5. The molecule has 1 heterocycles. The number of benzene rings is 2. The Kier molecular flexibility index (Phi) is 6.96. The van der Waals surface area contributed by atoms with Crippen LogP contribution in [-0.2, 0) is 9.59 Å². The number of carbonyl (C=O) groups excluding carboxylic acids is 2. The third-order valence-corrected chi connectivity index (χ3v) is 6.95. The molecule has 1 atom stereocenters. The molecule has 180 valence electrons. The minimum absolute atomic E-state index is 0.0224. The Morgan fingerprint density at radius 3 is 2.32 bits per heavy atom. The van der Waals surface area contributed by atoms with E-state index in [4.69, 9.17) is 9.47 Å². The molecule has 1 aliphatic carbocycles. The summed E-state index contributed by atoms with van der Waals surface area (Å²) in [5.41, 5.74) is 3.09. The number of ketones is 1. The highest BCUT2D eigenvalue weighted by molar-refractivity contribution is 6.46. The first kappa shape index (κ1) is 23.9. The van der Waals surface area contributed by atoms with Gasteiger partial charge in [0.2, 0.25) is 0 Å². The molecular formula is C28H33NO5. The Morgan fingerprint density at radius 2 is 1.71 bits per heavy atom. The predicted octanol–water partition coefficient (Wildman–Crippen LogP) is 5.47. The van der Waals surface area contributed by atoms with Crippen molar-refractivity contribution in [2.75, 3.05) is 13.7 Å². The van der Waals surface area contributed by atoms with Crippen LogP contribution in [0, 0.1) is 13.8 Å². The first-order valence-corrected chi connectivity index (χ1v) is 12.1. The monoisotopic (exact) mass is 463 g/mol. The van der Waals surface area contributed by atoms with Gasteiger partial charge in [-0.25, -0.2) is 0 Å². The van der Waals surface area contributed by atoms with Gasteiger partial charge in [0.1, 0.15) is 17.3 Å². The number of ether oxygens (including phenoxy) is 2. The standard InChI is InChI=1S/C28H33NO5/c1-5-34-21-13-11-19(12-14-21)25-24(26(30)22-15-18(3)23(33-4)16-17(22)2)27(31)28(32)29(25)20-9-7-6-8-10-20/h11-16,20,25,30H,5-10H2,1-4H3/b26-24+. The molecular weight excluding hydrogens is 430 g/mol. The van der Waals surface area contributed by atoms with Gasteiger partial charge in [-0.1, -0.05) is 31.4 Å². The predicted molar refractivity (Wildman–Crippen MR) is 131 cm³/mol. The fourth-order valence-electron chi connectivity index (χ4n) is 5.24. The molecule has 1 aliphatic heterocycles. The van der Waals surface area contributed by atoms with Gasteiger partial charge in [0, 0.05) is 11.6 Å². The summed E-state index contributed by atoms with van der Waals surface area (Å²) in [7, 11) is 1.60. The number of rotatable bonds is 6. The van der Waals surface area contributed by atoms with Crippen LogP contribution in [0.15, 0.2) is 42.0 Å². The summed E-state index contributed by atoms with van der Waals surface area (Å²) in [5, 5.41) is 11.5. The smallest absolute Gasteiger partial charge is 0.295 e. The van der Waals surface area contributed by atoms with Crippen LogP contribution >= 0.6 is 0 Å². The summed E-state index contributed by atoms with van der Waals surface area (Å²) in [6, 6.07) is 10.5. The van der Waals surface area contributed by atoms with E-state index in [0.29, 0.717) is 17.9 Å². The molecule has 0 spiro atoms. The quantitative estimate of drug-likeness (QED) is 0.349. The van der Waals surface area contributed by atoms with Gasteiger partial charge in [-0.2, -0.15) is 0 Å². The summed E-state index contributed by atoms with van der Waals surface area (Å²) < 4.78 is 11.0. The van der Waals surface area contributed by atoms with Gasteiger partial charge < -0.3 is 19.5 Å². The first-order valence-electron chi connectivity index (χ1n) is 12.1. The van der Waals surface area contributed by atoms with Gasteiger partial charge in [-0.05, 0) is 74.6 Å². The molecule has 1 unspecified atom stereocenters. The Bertz CT molecular complexity index is 1110. The lowest BCUT2D eigenvalue weighted by Crippen LogP contribution is -2.40. The van der Waals surface area contributed by atoms with Gasteiger partial charge >= 0.3 is 0 Å². The topological polar surface area (TPSA) is 76.1 Å². The molecule has 1 N–H and O–H groups in total. The average Bonchev–Trinajstić information content (AvgIpc) is 3.11. The summed E-state index contributed by atoms with van der Waals surface area (Å²) >= 11 is 0. The largest absolute Gasteiger partial charge is 0.507 e. The number of likely N-dealkylation sites (tertiary alicyclic amines) is 1. The van der Waals surface area contributed by atoms with E-state index in [0.717, 1.165) is 54.5 Å². The molecule has 0 aromatic heterocycles. The number of nitrogens with zero attached hydrogens (tertiary/aromatic N) is 1. The molecule has 4 rings (SSSR count). The molecule has 2 aliphatic rings. The van der Waals surface area contributed by atoms with E-state index in [-0.39, 0.29) is 17.4 Å². The molecule has 2 fully saturated rings. The Morgan fingerprint density at radius 1 is 1.03 bits per heavy atom. The van der Waals surface area contributed by atoms with Crippen molar-refractivity contribution in [3.63, 3.8) is 0 Å². The molecule has 34 heavy (non-hydrogen) atoms. The fraction of sp³-hybridized carbons (Fsp3) is 0.429. The van der Waals surface area contributed by atoms with Gasteiger partial charge in [-0.3, -0.25) is 9.59 Å². The van der Waals surface area contributed by atoms with Crippen molar-refractivity contribution in [3.8, 4) is 11.5 Å². The molecule has 2 aromatic carbocycles. The third-order valence-electron chi connectivity index (χ3n) is 6.95. The van der Waals surface area contributed by atoms with Gasteiger partial charge in [-0.15, -0.1) is 0 Å². The zero-order valence-corrected chi connectivity index (χ0v) is 20.4. The van der Waals surface area contributed by atoms with Crippen LogP contribution in [0.1, 0.15) is 67.3 Å². The van der Waals surface area contributed by atoms with Crippen LogP contribution in [0.4, 0.5) is 0 Å². The van der Waals surface area contributed by atoms with E-state index < -0.39 is 17.7 Å². The number of aliphatic hydroxyl groups is 1. The normalized spacial score (nSPS) is 20.6. The fourth-order valence-corrected chi connectivity index (χ4v) is 5.24. The van der Waals surface area contributed by atoms with Crippen LogP contribution in [0.5, 0.6) is 11.5 Å². The lowest BCUT2D eigenvalue weighted by atomic mass is 9.90. The molecule has 1 saturated heterocycles. The molecule has 6 heteroatoms. The number of hydrogen-bond acceptors (Lipinski definition) is 5. The molecule has 2 aromatic rings. The highest BCUT2D eigenvalue weighted by Crippen LogP contribution is 2.44. The van der Waals surface area contributed by atoms with Crippen molar-refractivity contribution in [2.24, 2.45) is 0 Å². The first-order chi connectivity index (χ1) is 16.4. The Hall–Kier alpha value is -3.28. The third kappa shape index (κ3) is 4.29. The minimum Gasteiger partial charge on any atom is -0.507 e. The Balaban J connectivity index is 1.87. The van der Waals surface area contributed by atoms with Crippen molar-refractivity contribution >= 4 is 17.4 Å². The second kappa shape index (κ2) is 9.92. The van der Waals surface area contributed by atoms with E-state index in [2.05, 4.69) is 0 Å². The van der Waals surface area contributed by atoms with Gasteiger partial charge in [0.15, 0.2) is 0 Å². The van der Waals surface area contributed by atoms with E-state index in [9.17, 15) is 14.7 Å². The number of hydrogen-bond donors (Lipinski definition) is 1. The lowest BCUT2D eigenvalue weighted by molar-refractivity contribution is -0.141. The number of Topliss-reactive ketones (excluding diaryl/α,β-unsaturated/α-hetero) is 1. The lowest BCUT2D eigenvalue weighted by Gasteiger charge is -2.35. The van der Waals surface area contributed by atoms with Crippen LogP contribution in [0.2, 0.25) is 0 Å². The average molecular weight is 464 g/mol. The number of amides is 1. The number of methoxy groups -OCH3 is 1. The van der Waals surface area contributed by atoms with E-state index in [1.165, 1.54) is 0 Å². The van der Waals surface area contributed by atoms with Crippen molar-refractivity contribution in [2.45, 2.75) is 65.0 Å². The Labute approximate surface area is 201 Å². The van der Waals surface area contributed by atoms with Gasteiger partial charge in [0.05, 0.1) is 25.3 Å². The van der Waals surface area contributed by atoms with E-state index in [1.54, 1.807) is 12.0 Å². The van der Waals surface area contributed by atoms with Crippen LogP contribution < -0.4 is 9.47 Å². The van der Waals surface area contributed by atoms with Crippen molar-refractivity contribution in [1.29, 1.82) is 0 Å². The minimum atomic E-state index is -0.638. The maximum absolute atomic E-state index is 13.4. The number of aryl methyl sites for hydroxylation is 2. The number of aliphatic hydroxyl groups excluding tert-OH is 1. The van der Waals surface area contributed by atoms with Crippen molar-refractivity contribution in [3.05, 3.63) is 64.2 Å². The molecule has 1 saturated carbocycles. The summed E-state index contributed by atoms with van der Waals surface area (Å²) in [6.45, 7) is 6.22. The maximum atomic E-state index is 13.4. The zero-order chi connectivity index (χ0) is 24.4. The number of carbonyl (C=O) groups is 2. The summed E-state index contributed by atoms with van der Waals surface area (Å²) in [5.74, 6) is 0.131. The molecule has 6 nitrogen and oxygen atoms in total. The summed E-state index contributed by atoms with van der Waals surface area (Å²) in [6.07, 6.45) is 4.92. The highest BCUT2D eigenvalue weighted by Gasteiger charge is 2.49. The van der Waals surface area contributed by atoms with Crippen LogP contribution in [0.3, 0.4) is 0 Å². The van der Waals surface area contributed by atoms with Crippen LogP contribution in [0.25, 0.3) is 5.76 Å². The maximum Gasteiger partial charge on any atom is 0.295 e. The summed E-state index contributed by atoms with van der Waals surface area (Å²) in [4.78, 5) is 28.4. The zero-order valence-electron chi connectivity index (χ0n) is 20.4. The molecule has 0 bridgehead atoms. The second-order valence-electron chi connectivity index (χ2n) is 9.14. The van der Waals surface area contributed by atoms with Crippen molar-refractivity contribution < 1.29 is 24.2 Å². The van der Waals surface area contributed by atoms with E-state index in [1.807, 2.05) is 57.2 Å². The SMILES string of the molecule is CCOc1ccc(C2/C(=C(\O)c3cc(C)c(OC)cc3C)C(=O)C(=O)N2C2CCCCC2)cc1. The van der Waals surface area contributed by atoms with Gasteiger partial charge in [0.25, 0.3) is 11.7 Å². The van der Waals surface area contributed by atoms with Crippen LogP contribution in [-0.4, -0.2) is 41.5 Å². The van der Waals surface area contributed by atoms with Crippen molar-refractivity contribution in [1.82, 2.24) is 4.90 Å². The molecule has 1 amide bonds. The second-order valence-corrected chi connectivity index (χ2v) is 9.14.